The standard InChI is InChI=1S/C16H17NO3/c18-14(15-7-4-12-20-15)10-11-17-16(19)9-8-13-5-2-1-3-6-13/h1-9,12,14,18H,10-11H2,(H,17,19)/b9-8+. The van der Waals surface area contributed by atoms with Crippen LogP contribution < -0.4 is 5.32 Å². The van der Waals surface area contributed by atoms with Crippen LogP contribution in [0.25, 0.3) is 6.08 Å². The molecule has 1 heterocycles. The summed E-state index contributed by atoms with van der Waals surface area (Å²) in [6, 6.07) is 13.0. The van der Waals surface area contributed by atoms with Crippen molar-refractivity contribution in [3.63, 3.8) is 0 Å². The molecule has 0 aliphatic carbocycles. The maximum absolute atomic E-state index is 11.6. The molecule has 0 saturated carbocycles. The van der Waals surface area contributed by atoms with Crippen molar-refractivity contribution in [2.75, 3.05) is 6.54 Å². The molecule has 0 aliphatic rings. The third-order valence-electron chi connectivity index (χ3n) is 2.82. The quantitative estimate of drug-likeness (QED) is 0.794. The topological polar surface area (TPSA) is 62.5 Å². The minimum Gasteiger partial charge on any atom is -0.467 e. The largest absolute Gasteiger partial charge is 0.467 e. The van der Waals surface area contributed by atoms with Gasteiger partial charge in [0.1, 0.15) is 11.9 Å². The zero-order chi connectivity index (χ0) is 14.2. The number of amides is 1. The molecule has 2 N–H and O–H groups in total. The first kappa shape index (κ1) is 14.1. The van der Waals surface area contributed by atoms with Crippen molar-refractivity contribution in [2.24, 2.45) is 0 Å². The van der Waals surface area contributed by atoms with Crippen molar-refractivity contribution in [1.82, 2.24) is 5.32 Å². The molecule has 0 fully saturated rings. The van der Waals surface area contributed by atoms with Crippen molar-refractivity contribution >= 4 is 12.0 Å². The Morgan fingerprint density at radius 1 is 1.25 bits per heavy atom. The lowest BCUT2D eigenvalue weighted by molar-refractivity contribution is -0.116. The summed E-state index contributed by atoms with van der Waals surface area (Å²) in [6.45, 7) is 0.389. The van der Waals surface area contributed by atoms with Crippen molar-refractivity contribution < 1.29 is 14.3 Å². The molecule has 20 heavy (non-hydrogen) atoms. The molecule has 104 valence electrons. The van der Waals surface area contributed by atoms with Crippen LogP contribution in [0.4, 0.5) is 0 Å². The van der Waals surface area contributed by atoms with Gasteiger partial charge >= 0.3 is 0 Å². The number of nitrogens with one attached hydrogen (secondary N) is 1. The molecular formula is C16H17NO3. The van der Waals surface area contributed by atoms with Gasteiger partial charge in [0.25, 0.3) is 0 Å². The Balaban J connectivity index is 1.72. The van der Waals surface area contributed by atoms with Gasteiger partial charge in [-0.25, -0.2) is 0 Å². The van der Waals surface area contributed by atoms with E-state index in [4.69, 9.17) is 4.42 Å². The highest BCUT2D eigenvalue weighted by molar-refractivity contribution is 5.91. The van der Waals surface area contributed by atoms with Gasteiger partial charge in [-0.1, -0.05) is 30.3 Å². The molecular weight excluding hydrogens is 254 g/mol. The van der Waals surface area contributed by atoms with E-state index >= 15 is 0 Å². The van der Waals surface area contributed by atoms with Crippen LogP contribution in [-0.4, -0.2) is 17.6 Å². The van der Waals surface area contributed by atoms with Crippen LogP contribution in [0, 0.1) is 0 Å². The van der Waals surface area contributed by atoms with E-state index in [1.807, 2.05) is 30.3 Å². The molecule has 0 aliphatic heterocycles. The van der Waals surface area contributed by atoms with E-state index in [0.29, 0.717) is 18.7 Å². The molecule has 2 aromatic rings. The summed E-state index contributed by atoms with van der Waals surface area (Å²) < 4.78 is 5.08. The highest BCUT2D eigenvalue weighted by atomic mass is 16.4. The molecule has 0 spiro atoms. The number of carbonyl (C=O) groups is 1. The zero-order valence-electron chi connectivity index (χ0n) is 11.0. The number of carbonyl (C=O) groups excluding carboxylic acids is 1. The zero-order valence-corrected chi connectivity index (χ0v) is 11.0. The summed E-state index contributed by atoms with van der Waals surface area (Å²) in [6.07, 6.45) is 4.47. The maximum atomic E-state index is 11.6. The Morgan fingerprint density at radius 3 is 2.75 bits per heavy atom. The molecule has 0 radical (unpaired) electrons. The number of hydrogen-bond donors (Lipinski definition) is 2. The fraction of sp³-hybridized carbons (Fsp3) is 0.188. The summed E-state index contributed by atoms with van der Waals surface area (Å²) >= 11 is 0. The van der Waals surface area contributed by atoms with Crippen LogP contribution in [0.3, 0.4) is 0 Å². The normalized spacial score (nSPS) is 12.4. The second-order valence-corrected chi connectivity index (χ2v) is 4.35. The molecule has 4 heteroatoms. The minimum absolute atomic E-state index is 0.180. The van der Waals surface area contributed by atoms with Gasteiger partial charge in [0.05, 0.1) is 6.26 Å². The molecule has 1 aromatic carbocycles. The smallest absolute Gasteiger partial charge is 0.244 e. The highest BCUT2D eigenvalue weighted by Gasteiger charge is 2.09. The van der Waals surface area contributed by atoms with E-state index in [1.54, 1.807) is 18.2 Å². The fourth-order valence-electron chi connectivity index (χ4n) is 1.75. The predicted octanol–water partition coefficient (Wildman–Crippen LogP) is 2.53. The van der Waals surface area contributed by atoms with Crippen LogP contribution >= 0.6 is 0 Å². The summed E-state index contributed by atoms with van der Waals surface area (Å²) in [4.78, 5) is 11.6. The van der Waals surface area contributed by atoms with E-state index in [0.717, 1.165) is 5.56 Å². The van der Waals surface area contributed by atoms with E-state index in [2.05, 4.69) is 5.32 Å². The van der Waals surface area contributed by atoms with E-state index in [9.17, 15) is 9.90 Å². The molecule has 1 amide bonds. The number of furan rings is 1. The number of aliphatic hydroxyl groups excluding tert-OH is 1. The average molecular weight is 271 g/mol. The van der Waals surface area contributed by atoms with E-state index < -0.39 is 6.10 Å². The minimum atomic E-state index is -0.691. The van der Waals surface area contributed by atoms with Gasteiger partial charge in [-0.3, -0.25) is 4.79 Å². The van der Waals surface area contributed by atoms with Gasteiger partial charge in [-0.05, 0) is 30.2 Å². The van der Waals surface area contributed by atoms with Crippen molar-refractivity contribution in [2.45, 2.75) is 12.5 Å². The number of hydrogen-bond acceptors (Lipinski definition) is 3. The van der Waals surface area contributed by atoms with Crippen LogP contribution in [-0.2, 0) is 4.79 Å². The van der Waals surface area contributed by atoms with Gasteiger partial charge < -0.3 is 14.8 Å². The number of rotatable bonds is 6. The summed E-state index contributed by atoms with van der Waals surface area (Å²) in [7, 11) is 0. The Labute approximate surface area is 117 Å². The van der Waals surface area contributed by atoms with Crippen molar-refractivity contribution in [3.8, 4) is 0 Å². The predicted molar refractivity (Wildman–Crippen MR) is 76.8 cm³/mol. The summed E-state index contributed by atoms with van der Waals surface area (Å²) in [5.74, 6) is 0.333. The Kier molecular flexibility index (Phi) is 5.15. The van der Waals surface area contributed by atoms with Crippen LogP contribution in [0.5, 0.6) is 0 Å². The lowest BCUT2D eigenvalue weighted by Gasteiger charge is -2.07. The highest BCUT2D eigenvalue weighted by Crippen LogP contribution is 2.15. The summed E-state index contributed by atoms with van der Waals surface area (Å²) in [5, 5.41) is 12.5. The SMILES string of the molecule is O=C(/C=C/c1ccccc1)NCCC(O)c1ccco1. The molecule has 2 rings (SSSR count). The van der Waals surface area contributed by atoms with Crippen LogP contribution in [0.1, 0.15) is 23.8 Å². The first-order valence-corrected chi connectivity index (χ1v) is 6.48. The van der Waals surface area contributed by atoms with Gasteiger partial charge in [-0.15, -0.1) is 0 Å². The fourth-order valence-corrected chi connectivity index (χ4v) is 1.75. The Bertz CT molecular complexity index is 546. The lowest BCUT2D eigenvalue weighted by atomic mass is 10.2. The van der Waals surface area contributed by atoms with Crippen LogP contribution in [0.2, 0.25) is 0 Å². The second kappa shape index (κ2) is 7.31. The monoisotopic (exact) mass is 271 g/mol. The van der Waals surface area contributed by atoms with Crippen molar-refractivity contribution in [1.29, 1.82) is 0 Å². The molecule has 1 atom stereocenters. The molecule has 4 nitrogen and oxygen atoms in total. The average Bonchev–Trinajstić information content (AvgIpc) is 3.00. The van der Waals surface area contributed by atoms with Gasteiger partial charge in [0.2, 0.25) is 5.91 Å². The van der Waals surface area contributed by atoms with Crippen molar-refractivity contribution in [3.05, 3.63) is 66.1 Å². The lowest BCUT2D eigenvalue weighted by Crippen LogP contribution is -2.23. The second-order valence-electron chi connectivity index (χ2n) is 4.35. The molecule has 1 unspecified atom stereocenters. The first-order chi connectivity index (χ1) is 9.75. The number of aliphatic hydroxyl groups is 1. The van der Waals surface area contributed by atoms with E-state index in [1.165, 1.54) is 12.3 Å². The molecule has 1 aromatic heterocycles. The Hall–Kier alpha value is -2.33. The first-order valence-electron chi connectivity index (χ1n) is 6.48. The van der Waals surface area contributed by atoms with Gasteiger partial charge in [0.15, 0.2) is 0 Å². The van der Waals surface area contributed by atoms with E-state index in [-0.39, 0.29) is 5.91 Å². The molecule has 0 bridgehead atoms. The Morgan fingerprint density at radius 2 is 2.05 bits per heavy atom. The number of benzene rings is 1. The van der Waals surface area contributed by atoms with Gasteiger partial charge in [-0.2, -0.15) is 0 Å². The van der Waals surface area contributed by atoms with Gasteiger partial charge in [0, 0.05) is 12.6 Å². The van der Waals surface area contributed by atoms with Crippen LogP contribution in [0.15, 0.2) is 59.2 Å². The molecule has 0 saturated heterocycles. The third kappa shape index (κ3) is 4.40. The summed E-state index contributed by atoms with van der Waals surface area (Å²) in [5.41, 5.74) is 0.971. The maximum Gasteiger partial charge on any atom is 0.244 e. The third-order valence-corrected chi connectivity index (χ3v) is 2.82.